The summed E-state index contributed by atoms with van der Waals surface area (Å²) in [7, 11) is 3.07. The molecule has 16 heteroatoms. The summed E-state index contributed by atoms with van der Waals surface area (Å²) in [5.41, 5.74) is 18.1. The maximum absolute atomic E-state index is 12.5. The predicted molar refractivity (Wildman–Crippen MR) is 492 cm³/mol. The zero-order valence-corrected chi connectivity index (χ0v) is 81.3. The highest BCUT2D eigenvalue weighted by Gasteiger charge is 2.59. The molecule has 0 bridgehead atoms. The fourth-order valence-electron chi connectivity index (χ4n) is 22.6. The van der Waals surface area contributed by atoms with Crippen LogP contribution in [0.3, 0.4) is 0 Å². The summed E-state index contributed by atoms with van der Waals surface area (Å²) in [6, 6.07) is 28.4. The first-order valence-corrected chi connectivity index (χ1v) is 47.0. The van der Waals surface area contributed by atoms with Gasteiger partial charge >= 0.3 is 47.8 Å². The Bertz CT molecular complexity index is 3780. The second-order valence-corrected chi connectivity index (χ2v) is 39.1. The van der Waals surface area contributed by atoms with E-state index in [1.807, 2.05) is 0 Å². The minimum absolute atomic E-state index is 0.0179. The highest BCUT2D eigenvalue weighted by molar-refractivity contribution is 5.78. The van der Waals surface area contributed by atoms with Crippen molar-refractivity contribution in [3.63, 3.8) is 0 Å². The Morgan fingerprint density at radius 2 is 0.541 bits per heavy atom. The summed E-state index contributed by atoms with van der Waals surface area (Å²) >= 11 is 0. The van der Waals surface area contributed by atoms with Gasteiger partial charge in [-0.05, 0) is 280 Å². The lowest BCUT2D eigenvalue weighted by Gasteiger charge is -2.55. The molecule has 0 spiro atoms. The second-order valence-electron chi connectivity index (χ2n) is 39.1. The van der Waals surface area contributed by atoms with Crippen LogP contribution in [0.1, 0.15) is 399 Å². The Balaban J connectivity index is 0.000000261. The summed E-state index contributed by atoms with van der Waals surface area (Å²) in [5.74, 6) is 3.43. The molecule has 12 atom stereocenters. The zero-order valence-electron chi connectivity index (χ0n) is 81.3. The molecule has 4 aromatic rings. The van der Waals surface area contributed by atoms with Gasteiger partial charge in [0.15, 0.2) is 0 Å². The van der Waals surface area contributed by atoms with Crippen molar-refractivity contribution < 1.29 is 76.3 Å². The van der Waals surface area contributed by atoms with Crippen LogP contribution >= 0.6 is 0 Å². The van der Waals surface area contributed by atoms with Crippen molar-refractivity contribution in [1.82, 2.24) is 0 Å². The lowest BCUT2D eigenvalue weighted by atomic mass is 9.49. The third-order valence-corrected chi connectivity index (χ3v) is 29.3. The fourth-order valence-corrected chi connectivity index (χ4v) is 22.6. The van der Waals surface area contributed by atoms with Gasteiger partial charge in [0, 0.05) is 50.4 Å². The van der Waals surface area contributed by atoms with Crippen molar-refractivity contribution in [3.8, 4) is 0 Å². The number of methoxy groups -OCH3 is 2. The largest absolute Gasteiger partial charge is 0.469 e. The molecule has 0 amide bonds. The van der Waals surface area contributed by atoms with E-state index in [1.54, 1.807) is 77.6 Å². The first-order chi connectivity index (χ1) is 57.4. The van der Waals surface area contributed by atoms with Gasteiger partial charge in [0.25, 0.3) is 0 Å². The first-order valence-electron chi connectivity index (χ1n) is 47.0. The van der Waals surface area contributed by atoms with E-state index in [4.69, 9.17) is 18.9 Å². The van der Waals surface area contributed by atoms with Gasteiger partial charge in [-0.2, -0.15) is 0 Å². The Labute approximate surface area is 738 Å². The van der Waals surface area contributed by atoms with E-state index < -0.39 is 0 Å². The molecule has 12 unspecified atom stereocenters. The molecule has 4 saturated carbocycles. The number of aryl methyl sites for hydroxylation is 4. The number of fused-ring (bicyclic) bond motifs is 12. The maximum Gasteiger partial charge on any atom is 0.311 e. The number of hydrogen-bond acceptors (Lipinski definition) is 16. The molecule has 122 heavy (non-hydrogen) atoms. The van der Waals surface area contributed by atoms with E-state index in [0.717, 1.165) is 64.2 Å². The number of carbonyl (C=O) groups excluding carboxylic acids is 8. The minimum Gasteiger partial charge on any atom is -0.469 e. The topological polar surface area (TPSA) is 210 Å². The van der Waals surface area contributed by atoms with Crippen LogP contribution in [0.5, 0.6) is 0 Å². The van der Waals surface area contributed by atoms with Gasteiger partial charge in [0.2, 0.25) is 0 Å². The van der Waals surface area contributed by atoms with Crippen LogP contribution in [-0.2, 0) is 124 Å². The van der Waals surface area contributed by atoms with Crippen molar-refractivity contribution >= 4 is 47.8 Å². The van der Waals surface area contributed by atoms with E-state index in [2.05, 4.69) is 203 Å². The molecule has 8 aliphatic rings. The number of benzene rings is 4. The standard InChI is InChI=1S/2C22H32O2.2C21H30O2.4C5H10O2/c2*1-15(2)17-7-9-19-18(13-17)8-10-20-21(4,14-24-16(3)23)11-6-12-22(19,20)5;2*1-14(2)15-7-9-17-16(13-15)8-10-18-20(17,3)11-6-12-21(18,4)19(22)23-5;4*1-3-5(6)7-4-2/h2*7,9,13,15,20H,6,8,10-12,14H2,1-5H3;2*7,9,13-14,18H,6,8,10-12H2,1-5H3;4*3-4H2,1-2H3. The molecule has 0 N–H and O–H groups in total. The highest BCUT2D eigenvalue weighted by Crippen LogP contribution is 2.62. The van der Waals surface area contributed by atoms with Crippen molar-refractivity contribution in [2.24, 2.45) is 45.3 Å². The second kappa shape index (κ2) is 47.3. The molecule has 0 aromatic heterocycles. The summed E-state index contributed by atoms with van der Waals surface area (Å²) in [6.45, 7) is 57.2. The lowest BCUT2D eigenvalue weighted by molar-refractivity contribution is -0.162. The molecule has 12 rings (SSSR count). The van der Waals surface area contributed by atoms with Crippen molar-refractivity contribution in [3.05, 3.63) is 140 Å². The molecule has 4 fully saturated rings. The molecule has 0 radical (unpaired) electrons. The first kappa shape index (κ1) is 105. The Hall–Kier alpha value is -7.36. The van der Waals surface area contributed by atoms with Crippen LogP contribution in [0.4, 0.5) is 0 Å². The Morgan fingerprint density at radius 1 is 0.320 bits per heavy atom. The molecule has 684 valence electrons. The number of hydrogen-bond donors (Lipinski definition) is 0. The van der Waals surface area contributed by atoms with Gasteiger partial charge in [-0.1, -0.05) is 223 Å². The quantitative estimate of drug-likeness (QED) is 0.0670. The van der Waals surface area contributed by atoms with Gasteiger partial charge in [-0.25, -0.2) is 0 Å². The molecular formula is C106H164O16. The van der Waals surface area contributed by atoms with E-state index >= 15 is 0 Å². The number of esters is 8. The van der Waals surface area contributed by atoms with E-state index in [-0.39, 0.29) is 91.1 Å². The summed E-state index contributed by atoms with van der Waals surface area (Å²) in [6.07, 6.45) is 24.8. The lowest BCUT2D eigenvalue weighted by Crippen LogP contribution is -2.52. The Kier molecular flexibility index (Phi) is 40.8. The SMILES string of the molecule is CC(=O)OCC1(C)CCCC2(C)c3ccc(C(C)C)cc3CCC12.CC(=O)OCC1(C)CCCC2(C)c3ccc(C(C)C)cc3CCC12.CCOC(=O)CC.CCOC(=O)CC.CCOC(=O)CC.CCOC(=O)CC.COC(=O)C1(C)CCCC2(C)c3ccc(C(C)C)cc3CCC12.COC(=O)C1(C)CCCC2(C)c3ccc(C(C)C)cc3CCC12. The van der Waals surface area contributed by atoms with Crippen LogP contribution in [0.15, 0.2) is 72.8 Å². The molecule has 0 heterocycles. The number of carbonyl (C=O) groups is 8. The van der Waals surface area contributed by atoms with Crippen LogP contribution in [-0.4, -0.2) is 102 Å². The van der Waals surface area contributed by atoms with Gasteiger partial charge in [-0.15, -0.1) is 0 Å². The number of ether oxygens (including phenoxy) is 8. The zero-order chi connectivity index (χ0) is 91.5. The average Bonchev–Trinajstić information content (AvgIpc) is 0.730. The molecular weight excluding hydrogens is 1530 g/mol. The third-order valence-electron chi connectivity index (χ3n) is 29.3. The minimum atomic E-state index is -0.337. The fraction of sp³-hybridized carbons (Fsp3) is 0.698. The van der Waals surface area contributed by atoms with E-state index in [1.165, 1.54) is 137 Å². The van der Waals surface area contributed by atoms with Crippen LogP contribution < -0.4 is 0 Å². The van der Waals surface area contributed by atoms with Gasteiger partial charge in [-0.3, -0.25) is 38.4 Å². The van der Waals surface area contributed by atoms with Crippen LogP contribution in [0.2, 0.25) is 0 Å². The normalized spacial score (nSPS) is 27.0. The van der Waals surface area contributed by atoms with Crippen molar-refractivity contribution in [2.75, 3.05) is 53.9 Å². The van der Waals surface area contributed by atoms with Crippen molar-refractivity contribution in [2.45, 2.75) is 379 Å². The molecule has 16 nitrogen and oxygen atoms in total. The predicted octanol–water partition coefficient (Wildman–Crippen LogP) is 24.6. The third kappa shape index (κ3) is 25.9. The Morgan fingerprint density at radius 3 is 0.738 bits per heavy atom. The van der Waals surface area contributed by atoms with Crippen LogP contribution in [0.25, 0.3) is 0 Å². The van der Waals surface area contributed by atoms with E-state index in [9.17, 15) is 38.4 Å². The van der Waals surface area contributed by atoms with Crippen LogP contribution in [0, 0.1) is 45.3 Å². The van der Waals surface area contributed by atoms with Gasteiger partial charge in [0.05, 0.1) is 64.7 Å². The molecule has 4 aromatic carbocycles. The van der Waals surface area contributed by atoms with Crippen molar-refractivity contribution in [1.29, 1.82) is 0 Å². The summed E-state index contributed by atoms with van der Waals surface area (Å²) < 4.78 is 39.5. The average molecular weight is 1690 g/mol. The monoisotopic (exact) mass is 1690 g/mol. The number of rotatable bonds is 18. The highest BCUT2D eigenvalue weighted by atomic mass is 16.6. The van der Waals surface area contributed by atoms with Gasteiger partial charge in [0.1, 0.15) is 0 Å². The maximum atomic E-state index is 12.5. The van der Waals surface area contributed by atoms with E-state index in [0.29, 0.717) is 113 Å². The molecule has 0 aliphatic heterocycles. The summed E-state index contributed by atoms with van der Waals surface area (Å²) in [5, 5.41) is 0. The smallest absolute Gasteiger partial charge is 0.311 e. The molecule has 0 saturated heterocycles. The molecule has 8 aliphatic carbocycles. The summed E-state index contributed by atoms with van der Waals surface area (Å²) in [4.78, 5) is 88.5. The van der Waals surface area contributed by atoms with Gasteiger partial charge < -0.3 is 37.9 Å².